The van der Waals surface area contributed by atoms with Crippen molar-refractivity contribution in [3.8, 4) is 5.75 Å². The van der Waals surface area contributed by atoms with Crippen molar-refractivity contribution in [2.45, 2.75) is 25.8 Å². The van der Waals surface area contributed by atoms with E-state index >= 15 is 0 Å². The molecular formula is C15H20N2O2. The first-order valence-electron chi connectivity index (χ1n) is 6.58. The zero-order chi connectivity index (χ0) is 13.5. The molecule has 2 rings (SSSR count). The molecule has 0 amide bonds. The highest BCUT2D eigenvalue weighted by Gasteiger charge is 2.12. The fourth-order valence-corrected chi connectivity index (χ4v) is 2.11. The molecule has 1 N–H and O–H groups in total. The van der Waals surface area contributed by atoms with Crippen molar-refractivity contribution < 1.29 is 9.15 Å². The summed E-state index contributed by atoms with van der Waals surface area (Å²) in [6, 6.07) is 6.22. The van der Waals surface area contributed by atoms with Crippen LogP contribution in [-0.2, 0) is 6.42 Å². The lowest BCUT2D eigenvalue weighted by Crippen LogP contribution is -2.21. The van der Waals surface area contributed by atoms with Crippen LogP contribution >= 0.6 is 0 Å². The third kappa shape index (κ3) is 3.83. The van der Waals surface area contributed by atoms with E-state index in [1.54, 1.807) is 19.6 Å². The molecule has 0 spiro atoms. The van der Waals surface area contributed by atoms with Crippen LogP contribution in [0.25, 0.3) is 0 Å². The molecule has 0 saturated heterocycles. The minimum atomic E-state index is 0.262. The van der Waals surface area contributed by atoms with Crippen LogP contribution in [0.15, 0.2) is 41.3 Å². The molecule has 0 fully saturated rings. The molecule has 2 aromatic rings. The van der Waals surface area contributed by atoms with Crippen molar-refractivity contribution in [2.75, 3.05) is 13.7 Å². The molecular weight excluding hydrogens is 240 g/mol. The molecule has 2 aromatic heterocycles. The Balaban J connectivity index is 2.05. The molecule has 2 heterocycles. The molecule has 0 bridgehead atoms. The van der Waals surface area contributed by atoms with Gasteiger partial charge in [-0.15, -0.1) is 0 Å². The first kappa shape index (κ1) is 13.6. The number of ether oxygens (including phenoxy) is 1. The van der Waals surface area contributed by atoms with Gasteiger partial charge in [-0.05, 0) is 36.7 Å². The highest BCUT2D eigenvalue weighted by Crippen LogP contribution is 2.22. The predicted molar refractivity (Wildman–Crippen MR) is 74.2 cm³/mol. The van der Waals surface area contributed by atoms with Crippen LogP contribution in [0, 0.1) is 0 Å². The van der Waals surface area contributed by atoms with Crippen LogP contribution in [0.4, 0.5) is 0 Å². The van der Waals surface area contributed by atoms with E-state index in [0.717, 1.165) is 36.5 Å². The van der Waals surface area contributed by atoms with Gasteiger partial charge in [-0.2, -0.15) is 0 Å². The lowest BCUT2D eigenvalue weighted by molar-refractivity contribution is 0.409. The van der Waals surface area contributed by atoms with Gasteiger partial charge in [0.25, 0.3) is 0 Å². The molecule has 0 aliphatic rings. The van der Waals surface area contributed by atoms with E-state index in [9.17, 15) is 0 Å². The second kappa shape index (κ2) is 6.95. The van der Waals surface area contributed by atoms with E-state index in [0.29, 0.717) is 0 Å². The van der Waals surface area contributed by atoms with Crippen molar-refractivity contribution in [1.82, 2.24) is 10.3 Å². The van der Waals surface area contributed by atoms with Gasteiger partial charge in [0.15, 0.2) is 0 Å². The van der Waals surface area contributed by atoms with Gasteiger partial charge < -0.3 is 14.5 Å². The lowest BCUT2D eigenvalue weighted by Gasteiger charge is -2.18. The SMILES string of the molecule is CCNC(CCc1ccco1)c1cncc(OC)c1. The van der Waals surface area contributed by atoms with E-state index < -0.39 is 0 Å². The number of methoxy groups -OCH3 is 1. The van der Waals surface area contributed by atoms with Crippen LogP contribution in [-0.4, -0.2) is 18.6 Å². The number of nitrogens with zero attached hydrogens (tertiary/aromatic N) is 1. The molecule has 102 valence electrons. The van der Waals surface area contributed by atoms with Gasteiger partial charge in [-0.25, -0.2) is 0 Å². The Bertz CT molecular complexity index is 483. The maximum absolute atomic E-state index is 5.37. The third-order valence-corrected chi connectivity index (χ3v) is 3.08. The summed E-state index contributed by atoms with van der Waals surface area (Å²) in [6.07, 6.45) is 7.19. The minimum absolute atomic E-state index is 0.262. The van der Waals surface area contributed by atoms with Gasteiger partial charge in [0.05, 0.1) is 19.6 Å². The van der Waals surface area contributed by atoms with Crippen LogP contribution < -0.4 is 10.1 Å². The largest absolute Gasteiger partial charge is 0.495 e. The van der Waals surface area contributed by atoms with Crippen LogP contribution in [0.2, 0.25) is 0 Å². The van der Waals surface area contributed by atoms with Crippen molar-refractivity contribution in [1.29, 1.82) is 0 Å². The van der Waals surface area contributed by atoms with Gasteiger partial charge in [0, 0.05) is 18.7 Å². The summed E-state index contributed by atoms with van der Waals surface area (Å²) in [7, 11) is 1.66. The monoisotopic (exact) mass is 260 g/mol. The molecule has 4 nitrogen and oxygen atoms in total. The van der Waals surface area contributed by atoms with Crippen molar-refractivity contribution >= 4 is 0 Å². The zero-order valence-electron chi connectivity index (χ0n) is 11.4. The number of hydrogen-bond donors (Lipinski definition) is 1. The molecule has 0 aliphatic heterocycles. The quantitative estimate of drug-likeness (QED) is 0.831. The Hall–Kier alpha value is -1.81. The number of aryl methyl sites for hydroxylation is 1. The molecule has 1 unspecified atom stereocenters. The molecule has 0 radical (unpaired) electrons. The second-order valence-corrected chi connectivity index (χ2v) is 4.39. The molecule has 0 aromatic carbocycles. The van der Waals surface area contributed by atoms with Crippen LogP contribution in [0.1, 0.15) is 30.7 Å². The standard InChI is InChI=1S/C15H20N2O2/c1-3-17-15(7-6-13-5-4-8-19-13)12-9-14(18-2)11-16-10-12/h4-5,8-11,15,17H,3,6-7H2,1-2H3. The fourth-order valence-electron chi connectivity index (χ4n) is 2.11. The van der Waals surface area contributed by atoms with Crippen molar-refractivity contribution in [3.63, 3.8) is 0 Å². The first-order chi connectivity index (χ1) is 9.33. The number of hydrogen-bond acceptors (Lipinski definition) is 4. The minimum Gasteiger partial charge on any atom is -0.495 e. The summed E-state index contributed by atoms with van der Waals surface area (Å²) in [6.45, 7) is 3.02. The average molecular weight is 260 g/mol. The Morgan fingerprint density at radius 1 is 1.42 bits per heavy atom. The van der Waals surface area contributed by atoms with Gasteiger partial charge in [0.1, 0.15) is 11.5 Å². The fraction of sp³-hybridized carbons (Fsp3) is 0.400. The summed E-state index contributed by atoms with van der Waals surface area (Å²) in [5.74, 6) is 1.80. The van der Waals surface area contributed by atoms with Gasteiger partial charge in [-0.1, -0.05) is 6.92 Å². The summed E-state index contributed by atoms with van der Waals surface area (Å²) in [5.41, 5.74) is 1.15. The van der Waals surface area contributed by atoms with E-state index in [-0.39, 0.29) is 6.04 Å². The topological polar surface area (TPSA) is 47.3 Å². The highest BCUT2D eigenvalue weighted by molar-refractivity contribution is 5.26. The summed E-state index contributed by atoms with van der Waals surface area (Å²) < 4.78 is 10.6. The first-order valence-corrected chi connectivity index (χ1v) is 6.58. The Morgan fingerprint density at radius 2 is 2.32 bits per heavy atom. The Morgan fingerprint density at radius 3 is 3.00 bits per heavy atom. The van der Waals surface area contributed by atoms with Gasteiger partial charge in [-0.3, -0.25) is 4.98 Å². The van der Waals surface area contributed by atoms with Crippen molar-refractivity contribution in [3.05, 3.63) is 48.2 Å². The van der Waals surface area contributed by atoms with Crippen LogP contribution in [0.3, 0.4) is 0 Å². The number of pyridine rings is 1. The summed E-state index contributed by atoms with van der Waals surface area (Å²) in [4.78, 5) is 4.22. The second-order valence-electron chi connectivity index (χ2n) is 4.39. The highest BCUT2D eigenvalue weighted by atomic mass is 16.5. The Labute approximate surface area is 113 Å². The van der Waals surface area contributed by atoms with E-state index in [1.807, 2.05) is 24.4 Å². The molecule has 1 atom stereocenters. The molecule has 4 heteroatoms. The van der Waals surface area contributed by atoms with E-state index in [2.05, 4.69) is 17.2 Å². The molecule has 0 saturated carbocycles. The molecule has 0 aliphatic carbocycles. The number of nitrogens with one attached hydrogen (secondary N) is 1. The number of aromatic nitrogens is 1. The normalized spacial score (nSPS) is 12.3. The lowest BCUT2D eigenvalue weighted by atomic mass is 10.0. The van der Waals surface area contributed by atoms with E-state index in [1.165, 1.54) is 0 Å². The summed E-state index contributed by atoms with van der Waals surface area (Å²) >= 11 is 0. The maximum atomic E-state index is 5.37. The summed E-state index contributed by atoms with van der Waals surface area (Å²) in [5, 5.41) is 3.48. The van der Waals surface area contributed by atoms with Crippen LogP contribution in [0.5, 0.6) is 5.75 Å². The number of furan rings is 1. The van der Waals surface area contributed by atoms with Gasteiger partial charge in [0.2, 0.25) is 0 Å². The van der Waals surface area contributed by atoms with Gasteiger partial charge >= 0.3 is 0 Å². The third-order valence-electron chi connectivity index (χ3n) is 3.08. The molecule has 19 heavy (non-hydrogen) atoms. The Kier molecular flexibility index (Phi) is 4.98. The van der Waals surface area contributed by atoms with E-state index in [4.69, 9.17) is 9.15 Å². The smallest absolute Gasteiger partial charge is 0.137 e. The average Bonchev–Trinajstić information content (AvgIpc) is 2.97. The zero-order valence-corrected chi connectivity index (χ0v) is 11.4. The number of rotatable bonds is 7. The maximum Gasteiger partial charge on any atom is 0.137 e. The van der Waals surface area contributed by atoms with Crippen molar-refractivity contribution in [2.24, 2.45) is 0 Å². The predicted octanol–water partition coefficient (Wildman–Crippen LogP) is 2.97.